The Morgan fingerprint density at radius 3 is 2.37 bits per heavy atom. The summed E-state index contributed by atoms with van der Waals surface area (Å²) < 4.78 is 11.6. The second kappa shape index (κ2) is 11.0. The maximum atomic E-state index is 12.8. The van der Waals surface area contributed by atoms with Crippen molar-refractivity contribution in [3.05, 3.63) is 120 Å². The van der Waals surface area contributed by atoms with Crippen molar-refractivity contribution in [3.8, 4) is 11.5 Å². The molecule has 0 radical (unpaired) electrons. The third-order valence-corrected chi connectivity index (χ3v) is 6.16. The van der Waals surface area contributed by atoms with E-state index in [2.05, 4.69) is 10.5 Å². The fourth-order valence-corrected chi connectivity index (χ4v) is 4.18. The minimum Gasteiger partial charge on any atom is -0.481 e. The van der Waals surface area contributed by atoms with Crippen molar-refractivity contribution < 1.29 is 19.1 Å². The molecule has 0 aromatic heterocycles. The number of hydrogen-bond donors (Lipinski definition) is 1. The Hall–Kier alpha value is -4.97. The van der Waals surface area contributed by atoms with E-state index in [0.29, 0.717) is 22.6 Å². The van der Waals surface area contributed by atoms with Crippen LogP contribution in [0, 0.1) is 6.92 Å². The molecular formula is C32H26N2O4. The molecule has 0 bridgehead atoms. The van der Waals surface area contributed by atoms with Crippen molar-refractivity contribution >= 4 is 39.6 Å². The van der Waals surface area contributed by atoms with Crippen LogP contribution in [0.4, 0.5) is 0 Å². The number of hydrogen-bond acceptors (Lipinski definition) is 5. The number of nitrogens with zero attached hydrogens (tertiary/aromatic N) is 1. The standard InChI is InChI=1S/C32H26N2O4/c1-21-8-7-12-26(18-21)32(36)38-30-17-15-24-10-5-6-13-28(24)29(30)20-33-34-31(35)22(2)37-27-16-14-23-9-3-4-11-25(23)19-27/h3-20,22H,1-2H3,(H,34,35)/b33-20-/t22-/m1/s1. The van der Waals surface area contributed by atoms with Crippen LogP contribution in [0.25, 0.3) is 21.5 Å². The molecule has 38 heavy (non-hydrogen) atoms. The lowest BCUT2D eigenvalue weighted by molar-refractivity contribution is -0.127. The predicted octanol–water partition coefficient (Wildman–Crippen LogP) is 6.44. The molecule has 0 heterocycles. The summed E-state index contributed by atoms with van der Waals surface area (Å²) in [6.07, 6.45) is 0.710. The highest BCUT2D eigenvalue weighted by Crippen LogP contribution is 2.28. The quantitative estimate of drug-likeness (QED) is 0.120. The average molecular weight is 503 g/mol. The van der Waals surface area contributed by atoms with Crippen LogP contribution in [0.1, 0.15) is 28.4 Å². The zero-order chi connectivity index (χ0) is 26.5. The van der Waals surface area contributed by atoms with Gasteiger partial charge in [-0.25, -0.2) is 10.2 Å². The van der Waals surface area contributed by atoms with E-state index in [1.165, 1.54) is 6.21 Å². The zero-order valence-electron chi connectivity index (χ0n) is 21.0. The van der Waals surface area contributed by atoms with E-state index >= 15 is 0 Å². The van der Waals surface area contributed by atoms with E-state index in [1.54, 1.807) is 25.1 Å². The smallest absolute Gasteiger partial charge is 0.343 e. The number of carbonyl (C=O) groups is 2. The molecule has 0 spiro atoms. The molecule has 188 valence electrons. The molecule has 0 aliphatic heterocycles. The molecule has 1 atom stereocenters. The number of rotatable bonds is 7. The zero-order valence-corrected chi connectivity index (χ0v) is 21.0. The molecular weight excluding hydrogens is 476 g/mol. The lowest BCUT2D eigenvalue weighted by atomic mass is 10.0. The number of fused-ring (bicyclic) bond motifs is 2. The van der Waals surface area contributed by atoms with Crippen LogP contribution >= 0.6 is 0 Å². The van der Waals surface area contributed by atoms with E-state index in [1.807, 2.05) is 91.9 Å². The molecule has 0 aliphatic rings. The highest BCUT2D eigenvalue weighted by molar-refractivity contribution is 6.04. The Labute approximate surface area is 220 Å². The van der Waals surface area contributed by atoms with Crippen molar-refractivity contribution in [2.24, 2.45) is 5.10 Å². The van der Waals surface area contributed by atoms with Crippen molar-refractivity contribution in [1.29, 1.82) is 0 Å². The Morgan fingerprint density at radius 2 is 1.55 bits per heavy atom. The largest absolute Gasteiger partial charge is 0.481 e. The van der Waals surface area contributed by atoms with Crippen LogP contribution in [0.15, 0.2) is 108 Å². The molecule has 6 nitrogen and oxygen atoms in total. The maximum absolute atomic E-state index is 12.8. The molecule has 6 heteroatoms. The Bertz CT molecular complexity index is 1680. The number of hydrazone groups is 1. The molecule has 0 fully saturated rings. The summed E-state index contributed by atoms with van der Waals surface area (Å²) in [6, 6.07) is 32.1. The van der Waals surface area contributed by atoms with E-state index in [9.17, 15) is 9.59 Å². The van der Waals surface area contributed by atoms with Crippen molar-refractivity contribution in [1.82, 2.24) is 5.43 Å². The van der Waals surface area contributed by atoms with Gasteiger partial charge < -0.3 is 9.47 Å². The summed E-state index contributed by atoms with van der Waals surface area (Å²) in [5.74, 6) is 0.0522. The van der Waals surface area contributed by atoms with Gasteiger partial charge in [-0.2, -0.15) is 5.10 Å². The summed E-state index contributed by atoms with van der Waals surface area (Å²) >= 11 is 0. The highest BCUT2D eigenvalue weighted by Gasteiger charge is 2.16. The second-order valence-electron chi connectivity index (χ2n) is 8.96. The van der Waals surface area contributed by atoms with Gasteiger partial charge in [0.25, 0.3) is 5.91 Å². The number of nitrogens with one attached hydrogen (secondary N) is 1. The summed E-state index contributed by atoms with van der Waals surface area (Å²) in [5, 5.41) is 8.07. The van der Waals surface area contributed by atoms with Gasteiger partial charge in [-0.15, -0.1) is 0 Å². The summed E-state index contributed by atoms with van der Waals surface area (Å²) in [7, 11) is 0. The summed E-state index contributed by atoms with van der Waals surface area (Å²) in [6.45, 7) is 3.57. The minimum absolute atomic E-state index is 0.341. The van der Waals surface area contributed by atoms with Gasteiger partial charge in [0.05, 0.1) is 11.8 Å². The van der Waals surface area contributed by atoms with Gasteiger partial charge in [-0.3, -0.25) is 4.79 Å². The first-order valence-electron chi connectivity index (χ1n) is 12.3. The van der Waals surface area contributed by atoms with Crippen molar-refractivity contribution in [2.45, 2.75) is 20.0 Å². The third-order valence-electron chi connectivity index (χ3n) is 6.16. The Morgan fingerprint density at radius 1 is 0.816 bits per heavy atom. The van der Waals surface area contributed by atoms with Crippen molar-refractivity contribution in [3.63, 3.8) is 0 Å². The molecule has 0 unspecified atom stereocenters. The Kier molecular flexibility index (Phi) is 7.13. The van der Waals surface area contributed by atoms with Gasteiger partial charge >= 0.3 is 5.97 Å². The van der Waals surface area contributed by atoms with E-state index in [4.69, 9.17) is 9.47 Å². The monoisotopic (exact) mass is 502 g/mol. The van der Waals surface area contributed by atoms with Gasteiger partial charge in [0, 0.05) is 5.56 Å². The lowest BCUT2D eigenvalue weighted by Crippen LogP contribution is -2.33. The van der Waals surface area contributed by atoms with Gasteiger partial charge in [0.2, 0.25) is 0 Å². The molecule has 1 amide bonds. The predicted molar refractivity (Wildman–Crippen MR) is 150 cm³/mol. The lowest BCUT2D eigenvalue weighted by Gasteiger charge is -2.14. The third kappa shape index (κ3) is 5.55. The van der Waals surface area contributed by atoms with Crippen LogP contribution in [0.5, 0.6) is 11.5 Å². The summed E-state index contributed by atoms with van der Waals surface area (Å²) in [4.78, 5) is 25.5. The molecule has 5 rings (SSSR count). The van der Waals surface area contributed by atoms with Crippen LogP contribution in [-0.2, 0) is 4.79 Å². The maximum Gasteiger partial charge on any atom is 0.343 e. The van der Waals surface area contributed by atoms with Gasteiger partial charge in [-0.05, 0) is 65.7 Å². The fourth-order valence-electron chi connectivity index (χ4n) is 4.18. The SMILES string of the molecule is Cc1cccc(C(=O)Oc2ccc3ccccc3c2/C=N\NC(=O)[C@@H](C)Oc2ccc3ccccc3c2)c1. The van der Waals surface area contributed by atoms with Gasteiger partial charge in [-0.1, -0.05) is 78.4 Å². The van der Waals surface area contributed by atoms with Crippen LogP contribution in [-0.4, -0.2) is 24.2 Å². The molecule has 0 saturated heterocycles. The highest BCUT2D eigenvalue weighted by atomic mass is 16.5. The molecule has 5 aromatic carbocycles. The van der Waals surface area contributed by atoms with E-state index in [0.717, 1.165) is 27.1 Å². The topological polar surface area (TPSA) is 77.0 Å². The number of aryl methyl sites for hydroxylation is 1. The van der Waals surface area contributed by atoms with Crippen molar-refractivity contribution in [2.75, 3.05) is 0 Å². The first-order valence-corrected chi connectivity index (χ1v) is 12.3. The fraction of sp³-hybridized carbons (Fsp3) is 0.0938. The van der Waals surface area contributed by atoms with Gasteiger partial charge in [0.1, 0.15) is 11.5 Å². The van der Waals surface area contributed by atoms with E-state index < -0.39 is 18.0 Å². The second-order valence-corrected chi connectivity index (χ2v) is 8.96. The van der Waals surface area contributed by atoms with E-state index in [-0.39, 0.29) is 0 Å². The molecule has 0 aliphatic carbocycles. The minimum atomic E-state index is -0.778. The summed E-state index contributed by atoms with van der Waals surface area (Å²) in [5.41, 5.74) is 4.53. The number of carbonyl (C=O) groups excluding carboxylic acids is 2. The first-order chi connectivity index (χ1) is 18.5. The first kappa shape index (κ1) is 24.7. The van der Waals surface area contributed by atoms with Gasteiger partial charge in [0.15, 0.2) is 6.10 Å². The molecule has 1 N–H and O–H groups in total. The van der Waals surface area contributed by atoms with Crippen LogP contribution in [0.2, 0.25) is 0 Å². The number of amides is 1. The average Bonchev–Trinajstić information content (AvgIpc) is 2.93. The normalized spacial score (nSPS) is 11.9. The molecule has 0 saturated carbocycles. The molecule has 5 aromatic rings. The van der Waals surface area contributed by atoms with Crippen LogP contribution < -0.4 is 14.9 Å². The van der Waals surface area contributed by atoms with Crippen LogP contribution in [0.3, 0.4) is 0 Å². The number of benzene rings is 5. The number of ether oxygens (including phenoxy) is 2. The Balaban J connectivity index is 1.33. The number of esters is 1.